The van der Waals surface area contributed by atoms with Gasteiger partial charge < -0.3 is 19.3 Å². The van der Waals surface area contributed by atoms with Crippen molar-refractivity contribution >= 4 is 17.7 Å². The van der Waals surface area contributed by atoms with Crippen LogP contribution in [0.3, 0.4) is 0 Å². The minimum atomic E-state index is -2.97. The fourth-order valence-electron chi connectivity index (χ4n) is 6.35. The minimum absolute atomic E-state index is 0.0622. The number of carbonyl (C=O) groups is 2. The van der Waals surface area contributed by atoms with E-state index in [0.29, 0.717) is 50.8 Å². The van der Waals surface area contributed by atoms with Gasteiger partial charge in [0.1, 0.15) is 5.60 Å². The molecule has 9 nitrogen and oxygen atoms in total. The van der Waals surface area contributed by atoms with Gasteiger partial charge in [-0.1, -0.05) is 13.8 Å². The molecule has 0 radical (unpaired) electrons. The summed E-state index contributed by atoms with van der Waals surface area (Å²) in [5.41, 5.74) is -0.0148. The van der Waals surface area contributed by atoms with Crippen molar-refractivity contribution in [2.45, 2.75) is 89.8 Å². The highest BCUT2D eigenvalue weighted by Crippen LogP contribution is 2.46. The summed E-state index contributed by atoms with van der Waals surface area (Å²) in [7, 11) is 0. The number of anilines is 1. The van der Waals surface area contributed by atoms with Gasteiger partial charge in [0.2, 0.25) is 5.91 Å². The number of halogens is 2. The molecule has 0 spiro atoms. The lowest BCUT2D eigenvalue weighted by molar-refractivity contribution is -0.121. The zero-order chi connectivity index (χ0) is 30.4. The van der Waals surface area contributed by atoms with Gasteiger partial charge in [0.05, 0.1) is 31.1 Å². The fraction of sp³-hybridized carbons (Fsp3) is 0.774. The van der Waals surface area contributed by atoms with Gasteiger partial charge in [0.15, 0.2) is 0 Å². The molecular formula is C31H47F2N5O4. The molecule has 1 aliphatic carbocycles. The van der Waals surface area contributed by atoms with Crippen molar-refractivity contribution in [3.8, 4) is 0 Å². The van der Waals surface area contributed by atoms with Crippen LogP contribution in [0.15, 0.2) is 12.3 Å². The zero-order valence-electron chi connectivity index (χ0n) is 26.0. The number of hydrogen-bond acceptors (Lipinski definition) is 7. The molecule has 4 heterocycles. The van der Waals surface area contributed by atoms with E-state index in [9.17, 15) is 9.59 Å². The number of aromatic nitrogens is 1. The summed E-state index contributed by atoms with van der Waals surface area (Å²) in [5.74, 6) is -3.05. The van der Waals surface area contributed by atoms with E-state index in [1.807, 2.05) is 41.5 Å². The molecule has 1 aromatic rings. The average Bonchev–Trinajstić information content (AvgIpc) is 3.66. The number of fused-ring (bicyclic) bond motifs is 1. The largest absolute Gasteiger partial charge is 0.444 e. The van der Waals surface area contributed by atoms with Crippen molar-refractivity contribution in [3.05, 3.63) is 23.5 Å². The van der Waals surface area contributed by atoms with Gasteiger partial charge in [-0.3, -0.25) is 19.6 Å². The van der Waals surface area contributed by atoms with Gasteiger partial charge in [0.25, 0.3) is 5.92 Å². The van der Waals surface area contributed by atoms with E-state index in [1.165, 1.54) is 12.3 Å². The van der Waals surface area contributed by atoms with Crippen molar-refractivity contribution < 1.29 is 27.8 Å². The maximum Gasteiger partial charge on any atom is 0.410 e. The monoisotopic (exact) mass is 591 g/mol. The third kappa shape index (κ3) is 7.05. The number of piperazine rings is 1. The third-order valence-electron chi connectivity index (χ3n) is 8.81. The number of carbonyl (C=O) groups excluding carboxylic acids is 2. The number of nitrogens with zero attached hydrogens (tertiary/aromatic N) is 5. The molecule has 234 valence electrons. The first kappa shape index (κ1) is 31.1. The summed E-state index contributed by atoms with van der Waals surface area (Å²) in [4.78, 5) is 39.4. The Bertz CT molecular complexity index is 1160. The van der Waals surface area contributed by atoms with Crippen molar-refractivity contribution in [2.75, 3.05) is 63.9 Å². The highest BCUT2D eigenvalue weighted by molar-refractivity contribution is 5.97. The van der Waals surface area contributed by atoms with Gasteiger partial charge in [0, 0.05) is 74.9 Å². The summed E-state index contributed by atoms with van der Waals surface area (Å²) in [6.07, 6.45) is 2.46. The molecule has 3 aliphatic heterocycles. The SMILES string of the molecule is C[C@@H]1CN(CC(=O)N2CC(C)(C)c3ncc(C(F)(F)CC4CC4)cc32)[C@@H](CN2CCOCC2)CN1C(=O)OC(C)(C)C. The quantitative estimate of drug-likeness (QED) is 0.470. The summed E-state index contributed by atoms with van der Waals surface area (Å²) in [6, 6.07) is 1.23. The minimum Gasteiger partial charge on any atom is -0.444 e. The van der Waals surface area contributed by atoms with Crippen LogP contribution in [0.1, 0.15) is 72.1 Å². The van der Waals surface area contributed by atoms with E-state index in [2.05, 4.69) is 14.8 Å². The lowest BCUT2D eigenvalue weighted by Crippen LogP contribution is -2.63. The standard InChI is InChI=1S/C31H47F2N5O4/c1-21-16-36(24(17-35-9-11-41-12-10-35)18-37(21)28(40)42-29(2,3)4)19-26(39)38-20-30(5,6)27-25(38)13-23(15-34-27)31(32,33)14-22-7-8-22/h13,15,21-22,24H,7-12,14,16-20H2,1-6H3/t21-,24+/m1/s1. The molecule has 0 aromatic carbocycles. The van der Waals surface area contributed by atoms with Crippen LogP contribution in [-0.4, -0.2) is 108 Å². The lowest BCUT2D eigenvalue weighted by atomic mass is 9.91. The maximum absolute atomic E-state index is 15.1. The molecule has 42 heavy (non-hydrogen) atoms. The molecule has 5 rings (SSSR count). The number of rotatable bonds is 7. The molecule has 0 N–H and O–H groups in total. The van der Waals surface area contributed by atoms with E-state index in [1.54, 1.807) is 9.80 Å². The number of alkyl halides is 2. The summed E-state index contributed by atoms with van der Waals surface area (Å²) in [6.45, 7) is 16.5. The van der Waals surface area contributed by atoms with Crippen LogP contribution in [-0.2, 0) is 25.6 Å². The van der Waals surface area contributed by atoms with Crippen LogP contribution in [0.2, 0.25) is 0 Å². The molecule has 3 fully saturated rings. The van der Waals surface area contributed by atoms with E-state index in [-0.39, 0.29) is 48.5 Å². The summed E-state index contributed by atoms with van der Waals surface area (Å²) >= 11 is 0. The van der Waals surface area contributed by atoms with Crippen molar-refractivity contribution in [3.63, 3.8) is 0 Å². The number of ether oxygens (including phenoxy) is 2. The second-order valence-electron chi connectivity index (χ2n) is 14.3. The van der Waals surface area contributed by atoms with Crippen LogP contribution in [0, 0.1) is 5.92 Å². The maximum atomic E-state index is 15.1. The predicted octanol–water partition coefficient (Wildman–Crippen LogP) is 4.24. The third-order valence-corrected chi connectivity index (χ3v) is 8.81. The van der Waals surface area contributed by atoms with Crippen LogP contribution in [0.5, 0.6) is 0 Å². The van der Waals surface area contributed by atoms with Gasteiger partial charge in [-0.05, 0) is 52.5 Å². The highest BCUT2D eigenvalue weighted by atomic mass is 19.3. The molecule has 2 amide bonds. The molecular weight excluding hydrogens is 544 g/mol. The van der Waals surface area contributed by atoms with Crippen molar-refractivity contribution in [1.82, 2.24) is 19.7 Å². The van der Waals surface area contributed by atoms with Crippen LogP contribution < -0.4 is 4.90 Å². The molecule has 4 aliphatic rings. The Morgan fingerprint density at radius 2 is 1.83 bits per heavy atom. The zero-order valence-corrected chi connectivity index (χ0v) is 26.0. The van der Waals surface area contributed by atoms with Crippen molar-refractivity contribution in [2.24, 2.45) is 5.92 Å². The Hall–Kier alpha value is -2.37. The second kappa shape index (κ2) is 11.6. The average molecular weight is 592 g/mol. The Balaban J connectivity index is 1.35. The Morgan fingerprint density at radius 1 is 1.14 bits per heavy atom. The van der Waals surface area contributed by atoms with E-state index < -0.39 is 16.9 Å². The highest BCUT2D eigenvalue weighted by Gasteiger charge is 2.45. The van der Waals surface area contributed by atoms with Gasteiger partial charge in [-0.15, -0.1) is 0 Å². The van der Waals surface area contributed by atoms with Crippen LogP contribution in [0.25, 0.3) is 0 Å². The van der Waals surface area contributed by atoms with E-state index in [0.717, 1.165) is 25.9 Å². The number of morpholine rings is 1. The first-order valence-corrected chi connectivity index (χ1v) is 15.4. The molecule has 2 saturated heterocycles. The van der Waals surface area contributed by atoms with E-state index >= 15 is 8.78 Å². The van der Waals surface area contributed by atoms with Gasteiger partial charge >= 0.3 is 6.09 Å². The van der Waals surface area contributed by atoms with Crippen LogP contribution >= 0.6 is 0 Å². The van der Waals surface area contributed by atoms with Gasteiger partial charge in [-0.25, -0.2) is 13.6 Å². The molecule has 2 atom stereocenters. The fourth-order valence-corrected chi connectivity index (χ4v) is 6.35. The normalized spacial score (nSPS) is 25.4. The Morgan fingerprint density at radius 3 is 2.48 bits per heavy atom. The number of hydrogen-bond donors (Lipinski definition) is 0. The van der Waals surface area contributed by atoms with Gasteiger partial charge in [-0.2, -0.15) is 0 Å². The summed E-state index contributed by atoms with van der Waals surface area (Å²) in [5, 5.41) is 0. The second-order valence-corrected chi connectivity index (χ2v) is 14.3. The molecule has 1 saturated carbocycles. The smallest absolute Gasteiger partial charge is 0.410 e. The Labute approximate surface area is 248 Å². The Kier molecular flexibility index (Phi) is 8.59. The number of pyridine rings is 1. The summed E-state index contributed by atoms with van der Waals surface area (Å²) < 4.78 is 41.5. The number of amides is 2. The van der Waals surface area contributed by atoms with E-state index in [4.69, 9.17) is 9.47 Å². The molecule has 11 heteroatoms. The van der Waals surface area contributed by atoms with Crippen molar-refractivity contribution in [1.29, 1.82) is 0 Å². The lowest BCUT2D eigenvalue weighted by Gasteiger charge is -2.47. The molecule has 0 bridgehead atoms. The molecule has 0 unspecified atom stereocenters. The topological polar surface area (TPSA) is 78.5 Å². The molecule has 1 aromatic heterocycles. The first-order chi connectivity index (χ1) is 19.6. The van der Waals surface area contributed by atoms with Crippen LogP contribution in [0.4, 0.5) is 19.3 Å². The predicted molar refractivity (Wildman–Crippen MR) is 156 cm³/mol. The first-order valence-electron chi connectivity index (χ1n) is 15.4.